The van der Waals surface area contributed by atoms with Gasteiger partial charge in [-0.15, -0.1) is 0 Å². The minimum atomic E-state index is -1.33. The van der Waals surface area contributed by atoms with Gasteiger partial charge >= 0.3 is 12.1 Å². The number of alkyl carbamates (subject to hydrolysis) is 1. The van der Waals surface area contributed by atoms with Gasteiger partial charge in [-0.2, -0.15) is 0 Å². The van der Waals surface area contributed by atoms with Crippen molar-refractivity contribution in [3.63, 3.8) is 0 Å². The number of carboxylic acid groups (broad SMARTS) is 1. The van der Waals surface area contributed by atoms with Crippen molar-refractivity contribution in [1.82, 2.24) is 5.32 Å². The summed E-state index contributed by atoms with van der Waals surface area (Å²) in [7, 11) is 0. The molecule has 0 heterocycles. The number of carboxylic acids is 1. The van der Waals surface area contributed by atoms with Gasteiger partial charge < -0.3 is 15.2 Å². The average molecular weight is 307 g/mol. The Labute approximate surface area is 131 Å². The van der Waals surface area contributed by atoms with E-state index < -0.39 is 17.6 Å². The van der Waals surface area contributed by atoms with E-state index in [0.717, 1.165) is 5.56 Å². The van der Waals surface area contributed by atoms with Gasteiger partial charge in [-0.1, -0.05) is 51.1 Å². The number of hydrogen-bond donors (Lipinski definition) is 2. The molecule has 0 aliphatic carbocycles. The van der Waals surface area contributed by atoms with Gasteiger partial charge in [0.2, 0.25) is 0 Å². The van der Waals surface area contributed by atoms with Crippen molar-refractivity contribution >= 4 is 12.1 Å². The fourth-order valence-electron chi connectivity index (χ4n) is 1.83. The largest absolute Gasteiger partial charge is 0.480 e. The SMILES string of the molecule is CC(C)(C)CCC(C)(NC(=O)OCc1ccccc1)C(=O)O. The zero-order valence-electron chi connectivity index (χ0n) is 13.7. The summed E-state index contributed by atoms with van der Waals surface area (Å²) in [5, 5.41) is 11.9. The Morgan fingerprint density at radius 1 is 1.09 bits per heavy atom. The molecule has 122 valence electrons. The van der Waals surface area contributed by atoms with Crippen LogP contribution in [0, 0.1) is 5.41 Å². The summed E-state index contributed by atoms with van der Waals surface area (Å²) in [6.07, 6.45) is 0.295. The normalized spacial score (nSPS) is 14.0. The lowest BCUT2D eigenvalue weighted by Gasteiger charge is -2.29. The first-order chi connectivity index (χ1) is 10.1. The van der Waals surface area contributed by atoms with E-state index in [0.29, 0.717) is 12.8 Å². The van der Waals surface area contributed by atoms with Crippen LogP contribution in [0.1, 0.15) is 46.1 Å². The molecule has 1 amide bonds. The second-order valence-corrected chi connectivity index (χ2v) is 6.88. The summed E-state index contributed by atoms with van der Waals surface area (Å²) in [5.74, 6) is -1.06. The van der Waals surface area contributed by atoms with Gasteiger partial charge in [0.1, 0.15) is 12.1 Å². The fraction of sp³-hybridized carbons (Fsp3) is 0.529. The smallest absolute Gasteiger partial charge is 0.408 e. The van der Waals surface area contributed by atoms with Crippen molar-refractivity contribution in [1.29, 1.82) is 0 Å². The number of aliphatic carboxylic acids is 1. The van der Waals surface area contributed by atoms with Crippen LogP contribution in [-0.4, -0.2) is 22.7 Å². The number of carbonyl (C=O) groups excluding carboxylic acids is 1. The molecule has 0 radical (unpaired) electrons. The third-order valence-corrected chi connectivity index (χ3v) is 3.44. The topological polar surface area (TPSA) is 75.6 Å². The molecule has 0 bridgehead atoms. The molecule has 22 heavy (non-hydrogen) atoms. The van der Waals surface area contributed by atoms with E-state index in [1.54, 1.807) is 0 Å². The maximum absolute atomic E-state index is 11.9. The molecular weight excluding hydrogens is 282 g/mol. The number of amides is 1. The van der Waals surface area contributed by atoms with E-state index in [2.05, 4.69) is 5.32 Å². The first-order valence-corrected chi connectivity index (χ1v) is 7.35. The molecular formula is C17H25NO4. The molecule has 5 heteroatoms. The lowest BCUT2D eigenvalue weighted by Crippen LogP contribution is -2.52. The van der Waals surface area contributed by atoms with Crippen molar-refractivity contribution in [2.24, 2.45) is 5.41 Å². The number of benzene rings is 1. The molecule has 0 aliphatic heterocycles. The number of nitrogens with one attached hydrogen (secondary N) is 1. The molecule has 1 rings (SSSR count). The zero-order chi connectivity index (χ0) is 16.8. The third-order valence-electron chi connectivity index (χ3n) is 3.44. The van der Waals surface area contributed by atoms with E-state index in [9.17, 15) is 14.7 Å². The summed E-state index contributed by atoms with van der Waals surface area (Å²) in [5.41, 5.74) is -0.489. The summed E-state index contributed by atoms with van der Waals surface area (Å²) in [4.78, 5) is 23.3. The fourth-order valence-corrected chi connectivity index (χ4v) is 1.83. The summed E-state index contributed by atoms with van der Waals surface area (Å²) in [6, 6.07) is 9.24. The summed E-state index contributed by atoms with van der Waals surface area (Å²) in [6.45, 7) is 7.71. The van der Waals surface area contributed by atoms with E-state index in [-0.39, 0.29) is 12.0 Å². The number of rotatable bonds is 6. The predicted octanol–water partition coefficient (Wildman–Crippen LogP) is 3.58. The quantitative estimate of drug-likeness (QED) is 0.842. The van der Waals surface area contributed by atoms with E-state index >= 15 is 0 Å². The Kier molecular flexibility index (Phi) is 5.97. The Bertz CT molecular complexity index is 507. The van der Waals surface area contributed by atoms with Gasteiger partial charge in [-0.25, -0.2) is 9.59 Å². The number of hydrogen-bond acceptors (Lipinski definition) is 3. The Morgan fingerprint density at radius 2 is 1.68 bits per heavy atom. The minimum absolute atomic E-state index is 0.00761. The van der Waals surface area contributed by atoms with Gasteiger partial charge in [0, 0.05) is 0 Å². The van der Waals surface area contributed by atoms with Crippen molar-refractivity contribution < 1.29 is 19.4 Å². The molecule has 0 saturated heterocycles. The van der Waals surface area contributed by atoms with Crippen LogP contribution in [0.4, 0.5) is 4.79 Å². The van der Waals surface area contributed by atoms with Crippen LogP contribution in [0.15, 0.2) is 30.3 Å². The average Bonchev–Trinajstić information content (AvgIpc) is 2.43. The first kappa shape index (κ1) is 18.0. The molecule has 0 fully saturated rings. The lowest BCUT2D eigenvalue weighted by molar-refractivity contribution is -0.144. The van der Waals surface area contributed by atoms with E-state index in [1.165, 1.54) is 6.92 Å². The first-order valence-electron chi connectivity index (χ1n) is 7.35. The van der Waals surface area contributed by atoms with Gasteiger partial charge in [0.05, 0.1) is 0 Å². The maximum atomic E-state index is 11.9. The van der Waals surface area contributed by atoms with Crippen molar-refractivity contribution in [2.75, 3.05) is 0 Å². The maximum Gasteiger partial charge on any atom is 0.408 e. The van der Waals surface area contributed by atoms with Gasteiger partial charge in [0.25, 0.3) is 0 Å². The Morgan fingerprint density at radius 3 is 2.18 bits per heavy atom. The Balaban J connectivity index is 2.58. The zero-order valence-corrected chi connectivity index (χ0v) is 13.7. The molecule has 0 aliphatic rings. The van der Waals surface area contributed by atoms with Crippen molar-refractivity contribution in [3.05, 3.63) is 35.9 Å². The van der Waals surface area contributed by atoms with Crippen LogP contribution in [0.3, 0.4) is 0 Å². The highest BCUT2D eigenvalue weighted by atomic mass is 16.5. The highest BCUT2D eigenvalue weighted by Crippen LogP contribution is 2.26. The van der Waals surface area contributed by atoms with Gasteiger partial charge in [-0.3, -0.25) is 0 Å². The molecule has 1 atom stereocenters. The van der Waals surface area contributed by atoms with Crippen LogP contribution in [-0.2, 0) is 16.1 Å². The summed E-state index contributed by atoms with van der Waals surface area (Å²) >= 11 is 0. The predicted molar refractivity (Wildman–Crippen MR) is 84.5 cm³/mol. The van der Waals surface area contributed by atoms with Crippen molar-refractivity contribution in [2.45, 2.75) is 52.7 Å². The van der Waals surface area contributed by atoms with Crippen LogP contribution in [0.5, 0.6) is 0 Å². The van der Waals surface area contributed by atoms with Crippen LogP contribution >= 0.6 is 0 Å². The molecule has 1 aromatic carbocycles. The lowest BCUT2D eigenvalue weighted by atomic mass is 9.84. The minimum Gasteiger partial charge on any atom is -0.480 e. The van der Waals surface area contributed by atoms with E-state index in [4.69, 9.17) is 4.74 Å². The van der Waals surface area contributed by atoms with Crippen LogP contribution in [0.25, 0.3) is 0 Å². The second-order valence-electron chi connectivity index (χ2n) is 6.88. The van der Waals surface area contributed by atoms with Crippen LogP contribution in [0.2, 0.25) is 0 Å². The van der Waals surface area contributed by atoms with Gasteiger partial charge in [-0.05, 0) is 30.7 Å². The van der Waals surface area contributed by atoms with Crippen LogP contribution < -0.4 is 5.32 Å². The molecule has 0 aromatic heterocycles. The molecule has 1 aromatic rings. The highest BCUT2D eigenvalue weighted by molar-refractivity contribution is 5.83. The van der Waals surface area contributed by atoms with Gasteiger partial charge in [0.15, 0.2) is 0 Å². The summed E-state index contributed by atoms with van der Waals surface area (Å²) < 4.78 is 5.09. The van der Waals surface area contributed by atoms with Crippen molar-refractivity contribution in [3.8, 4) is 0 Å². The molecule has 0 saturated carbocycles. The standard InChI is InChI=1S/C17H25NO4/c1-16(2,3)10-11-17(4,14(19)20)18-15(21)22-12-13-8-6-5-7-9-13/h5-9H,10-12H2,1-4H3,(H,18,21)(H,19,20). The highest BCUT2D eigenvalue weighted by Gasteiger charge is 2.36. The molecule has 2 N–H and O–H groups in total. The van der Waals surface area contributed by atoms with E-state index in [1.807, 2.05) is 51.1 Å². The number of carbonyl (C=O) groups is 2. The molecule has 0 spiro atoms. The third kappa shape index (κ3) is 6.16. The number of ether oxygens (including phenoxy) is 1. The second kappa shape index (κ2) is 7.29. The monoisotopic (exact) mass is 307 g/mol. The Hall–Kier alpha value is -2.04. The molecule has 5 nitrogen and oxygen atoms in total. The molecule has 1 unspecified atom stereocenters.